The van der Waals surface area contributed by atoms with Crippen molar-refractivity contribution in [2.45, 2.75) is 58.2 Å². The number of hydrogen-bond acceptors (Lipinski definition) is 2. The van der Waals surface area contributed by atoms with E-state index in [9.17, 15) is 0 Å². The highest BCUT2D eigenvalue weighted by molar-refractivity contribution is 5.38. The van der Waals surface area contributed by atoms with Crippen LogP contribution in [-0.4, -0.2) is 11.7 Å². The van der Waals surface area contributed by atoms with Crippen LogP contribution in [0.1, 0.15) is 43.6 Å². The molecule has 1 aromatic rings. The van der Waals surface area contributed by atoms with Crippen LogP contribution in [0.15, 0.2) is 10.7 Å². The van der Waals surface area contributed by atoms with Gasteiger partial charge in [0.1, 0.15) is 11.4 Å². The largest absolute Gasteiger partial charge is 0.469 e. The molecule has 92 valence electrons. The number of hydrogen-bond donors (Lipinski definition) is 0. The molecular formula is C15H20O2. The summed E-state index contributed by atoms with van der Waals surface area (Å²) in [7, 11) is 0. The number of aryl methyl sites for hydroxylation is 1. The van der Waals surface area contributed by atoms with E-state index in [1.165, 1.54) is 29.7 Å². The number of furan rings is 1. The topological polar surface area (TPSA) is 25.7 Å². The summed E-state index contributed by atoms with van der Waals surface area (Å²) < 4.78 is 11.9. The van der Waals surface area contributed by atoms with Crippen LogP contribution >= 0.6 is 0 Å². The summed E-state index contributed by atoms with van der Waals surface area (Å²) >= 11 is 0. The molecule has 1 saturated carbocycles. The summed E-state index contributed by atoms with van der Waals surface area (Å²) in [5, 5.41) is 0. The van der Waals surface area contributed by atoms with Crippen molar-refractivity contribution in [3.05, 3.63) is 23.2 Å². The molecule has 0 amide bonds. The number of epoxide rings is 1. The Hall–Kier alpha value is -0.760. The first-order valence-electron chi connectivity index (χ1n) is 6.80. The van der Waals surface area contributed by atoms with Crippen LogP contribution in [-0.2, 0) is 17.6 Å². The lowest BCUT2D eigenvalue weighted by molar-refractivity contribution is 0.0371. The first-order valence-corrected chi connectivity index (χ1v) is 6.80. The second-order valence-corrected chi connectivity index (χ2v) is 6.57. The minimum Gasteiger partial charge on any atom is -0.469 e. The fourth-order valence-corrected chi connectivity index (χ4v) is 4.35. The number of rotatable bonds is 0. The zero-order valence-electron chi connectivity index (χ0n) is 10.9. The Balaban J connectivity index is 1.85. The minimum atomic E-state index is 0.113. The van der Waals surface area contributed by atoms with E-state index < -0.39 is 0 Å². The third-order valence-electron chi connectivity index (χ3n) is 5.89. The van der Waals surface area contributed by atoms with E-state index in [-0.39, 0.29) is 5.60 Å². The van der Waals surface area contributed by atoms with Gasteiger partial charge in [-0.25, -0.2) is 0 Å². The Kier molecular flexibility index (Phi) is 1.68. The molecule has 0 aromatic carbocycles. The van der Waals surface area contributed by atoms with Gasteiger partial charge in [0.05, 0.1) is 12.4 Å². The highest BCUT2D eigenvalue weighted by atomic mass is 16.6. The average molecular weight is 232 g/mol. The molecule has 1 spiro atoms. The molecule has 1 aromatic heterocycles. The van der Waals surface area contributed by atoms with Crippen LogP contribution < -0.4 is 0 Å². The van der Waals surface area contributed by atoms with E-state index in [0.29, 0.717) is 11.5 Å². The fraction of sp³-hybridized carbons (Fsp3) is 0.733. The van der Waals surface area contributed by atoms with Crippen LogP contribution in [0.5, 0.6) is 0 Å². The molecule has 17 heavy (non-hydrogen) atoms. The zero-order chi connectivity index (χ0) is 11.8. The molecule has 1 aliphatic heterocycles. The van der Waals surface area contributed by atoms with Gasteiger partial charge in [-0.15, -0.1) is 0 Å². The molecule has 0 unspecified atom stereocenters. The Bertz CT molecular complexity index is 489. The highest BCUT2D eigenvalue weighted by Gasteiger charge is 2.71. The second-order valence-electron chi connectivity index (χ2n) is 6.57. The van der Waals surface area contributed by atoms with Crippen LogP contribution in [0.2, 0.25) is 0 Å². The number of ether oxygens (including phenoxy) is 1. The Morgan fingerprint density at radius 1 is 1.29 bits per heavy atom. The monoisotopic (exact) mass is 232 g/mol. The van der Waals surface area contributed by atoms with Gasteiger partial charge < -0.3 is 9.15 Å². The van der Waals surface area contributed by atoms with Crippen molar-refractivity contribution in [3.8, 4) is 0 Å². The molecule has 2 heteroatoms. The van der Waals surface area contributed by atoms with Gasteiger partial charge in [0.2, 0.25) is 0 Å². The lowest BCUT2D eigenvalue weighted by Gasteiger charge is -2.46. The van der Waals surface area contributed by atoms with Crippen molar-refractivity contribution in [2.24, 2.45) is 11.3 Å². The van der Waals surface area contributed by atoms with Gasteiger partial charge in [-0.3, -0.25) is 0 Å². The summed E-state index contributed by atoms with van der Waals surface area (Å²) in [4.78, 5) is 0. The van der Waals surface area contributed by atoms with E-state index in [4.69, 9.17) is 9.15 Å². The zero-order valence-corrected chi connectivity index (χ0v) is 10.9. The van der Waals surface area contributed by atoms with E-state index in [0.717, 1.165) is 18.8 Å². The van der Waals surface area contributed by atoms with Crippen molar-refractivity contribution < 1.29 is 9.15 Å². The van der Waals surface area contributed by atoms with Crippen molar-refractivity contribution in [1.29, 1.82) is 0 Å². The van der Waals surface area contributed by atoms with Gasteiger partial charge in [-0.05, 0) is 43.2 Å². The second kappa shape index (κ2) is 2.80. The highest BCUT2D eigenvalue weighted by Crippen LogP contribution is 2.65. The quantitative estimate of drug-likeness (QED) is 0.642. The first-order chi connectivity index (χ1) is 8.07. The summed E-state index contributed by atoms with van der Waals surface area (Å²) in [5.41, 5.74) is 3.21. The van der Waals surface area contributed by atoms with Gasteiger partial charge in [-0.2, -0.15) is 0 Å². The maximum atomic E-state index is 6.15. The van der Waals surface area contributed by atoms with Gasteiger partial charge in [0.15, 0.2) is 0 Å². The van der Waals surface area contributed by atoms with Gasteiger partial charge in [0, 0.05) is 11.8 Å². The summed E-state index contributed by atoms with van der Waals surface area (Å²) in [6.07, 6.45) is 7.12. The van der Waals surface area contributed by atoms with Crippen molar-refractivity contribution in [3.63, 3.8) is 0 Å². The van der Waals surface area contributed by atoms with Crippen molar-refractivity contribution in [1.82, 2.24) is 0 Å². The fourth-order valence-electron chi connectivity index (χ4n) is 4.35. The SMILES string of the molecule is Cc1coc2c1C[C@]1(C)[C@@H](C)CC[C@H]3O[C@]31C2. The summed E-state index contributed by atoms with van der Waals surface area (Å²) in [6.45, 7) is 7.01. The van der Waals surface area contributed by atoms with Gasteiger partial charge in [-0.1, -0.05) is 13.8 Å². The summed E-state index contributed by atoms with van der Waals surface area (Å²) in [5.74, 6) is 1.94. The van der Waals surface area contributed by atoms with Crippen LogP contribution in [0.25, 0.3) is 0 Å². The first kappa shape index (κ1) is 10.2. The molecule has 1 saturated heterocycles. The predicted octanol–water partition coefficient (Wildman–Crippen LogP) is 3.26. The minimum absolute atomic E-state index is 0.113. The maximum Gasteiger partial charge on any atom is 0.110 e. The van der Waals surface area contributed by atoms with Crippen molar-refractivity contribution in [2.75, 3.05) is 0 Å². The molecule has 0 bridgehead atoms. The smallest absolute Gasteiger partial charge is 0.110 e. The molecular weight excluding hydrogens is 212 g/mol. The maximum absolute atomic E-state index is 6.15. The molecule has 0 radical (unpaired) electrons. The molecule has 2 heterocycles. The molecule has 0 N–H and O–H groups in total. The van der Waals surface area contributed by atoms with Crippen molar-refractivity contribution >= 4 is 0 Å². The van der Waals surface area contributed by atoms with Crippen LogP contribution in [0.4, 0.5) is 0 Å². The normalized spacial score (nSPS) is 47.0. The summed E-state index contributed by atoms with van der Waals surface area (Å²) in [6, 6.07) is 0. The molecule has 2 nitrogen and oxygen atoms in total. The van der Waals surface area contributed by atoms with Crippen LogP contribution in [0, 0.1) is 18.3 Å². The molecule has 2 fully saturated rings. The molecule has 3 aliphatic rings. The Morgan fingerprint density at radius 3 is 2.94 bits per heavy atom. The number of fused-ring (bicyclic) bond motifs is 1. The lowest BCUT2D eigenvalue weighted by Crippen LogP contribution is -2.51. The standard InChI is InChI=1S/C15H20O2/c1-9-8-16-12-7-15-13(17-15)5-4-10(2)14(15,3)6-11(9)12/h8,10,13H,4-7H2,1-3H3/t10-,13+,14+,15+/m0/s1. The Morgan fingerprint density at radius 2 is 2.12 bits per heavy atom. The third kappa shape index (κ3) is 1.02. The molecule has 4 atom stereocenters. The van der Waals surface area contributed by atoms with E-state index in [1.54, 1.807) is 0 Å². The molecule has 2 aliphatic carbocycles. The van der Waals surface area contributed by atoms with Crippen LogP contribution in [0.3, 0.4) is 0 Å². The predicted molar refractivity (Wildman–Crippen MR) is 65.0 cm³/mol. The van der Waals surface area contributed by atoms with Gasteiger partial charge in [0.25, 0.3) is 0 Å². The molecule has 4 rings (SSSR count). The lowest BCUT2D eigenvalue weighted by atomic mass is 9.55. The Labute approximate surface area is 102 Å². The van der Waals surface area contributed by atoms with E-state index in [1.807, 2.05) is 6.26 Å². The third-order valence-corrected chi connectivity index (χ3v) is 5.89. The van der Waals surface area contributed by atoms with Gasteiger partial charge >= 0.3 is 0 Å². The average Bonchev–Trinajstić information content (AvgIpc) is 2.92. The van der Waals surface area contributed by atoms with E-state index in [2.05, 4.69) is 20.8 Å². The van der Waals surface area contributed by atoms with E-state index >= 15 is 0 Å².